The van der Waals surface area contributed by atoms with Crippen molar-refractivity contribution in [3.63, 3.8) is 0 Å². The number of amides is 5. The van der Waals surface area contributed by atoms with Crippen molar-refractivity contribution in [2.45, 2.75) is 44.6 Å². The number of piperidine rings is 1. The second-order valence-corrected chi connectivity index (χ2v) is 14.0. The summed E-state index contributed by atoms with van der Waals surface area (Å²) < 4.78 is 54.5. The van der Waals surface area contributed by atoms with E-state index in [0.29, 0.717) is 131 Å². The number of hydrogen-bond donors (Lipinski definition) is 2. The molecule has 1 atom stereocenters. The van der Waals surface area contributed by atoms with Crippen LogP contribution in [-0.4, -0.2) is 172 Å². The molecule has 1 fully saturated rings. The third-order valence-corrected chi connectivity index (χ3v) is 9.38. The predicted molar refractivity (Wildman–Crippen MR) is 224 cm³/mol. The van der Waals surface area contributed by atoms with Crippen LogP contribution in [0.4, 0.5) is 5.69 Å². The van der Waals surface area contributed by atoms with Gasteiger partial charge in [-0.1, -0.05) is 30.7 Å². The van der Waals surface area contributed by atoms with Gasteiger partial charge in [0, 0.05) is 19.4 Å². The Labute approximate surface area is 367 Å². The highest BCUT2D eigenvalue weighted by Gasteiger charge is 2.45. The number of nitrogens with one attached hydrogen (secondary N) is 2. The summed E-state index contributed by atoms with van der Waals surface area (Å²) in [6.07, 6.45) is 2.42. The molecular weight excluding hydrogens is 826 g/mol. The molecule has 63 heavy (non-hydrogen) atoms. The minimum absolute atomic E-state index is 0.0248. The van der Waals surface area contributed by atoms with Crippen LogP contribution in [0.2, 0.25) is 0 Å². The van der Waals surface area contributed by atoms with Gasteiger partial charge in [-0.05, 0) is 43.5 Å². The third kappa shape index (κ3) is 19.7. The van der Waals surface area contributed by atoms with Gasteiger partial charge < -0.3 is 52.7 Å². The van der Waals surface area contributed by atoms with E-state index in [1.54, 1.807) is 36.4 Å². The van der Waals surface area contributed by atoms with E-state index in [-0.39, 0.29) is 54.6 Å². The molecule has 2 aliphatic heterocycles. The topological polar surface area (TPSA) is 222 Å². The van der Waals surface area contributed by atoms with Gasteiger partial charge in [0.1, 0.15) is 12.6 Å². The van der Waals surface area contributed by atoms with Crippen LogP contribution in [0.15, 0.2) is 48.5 Å². The van der Waals surface area contributed by atoms with Crippen LogP contribution in [0.5, 0.6) is 0 Å². The zero-order valence-electron chi connectivity index (χ0n) is 35.9. The van der Waals surface area contributed by atoms with E-state index >= 15 is 0 Å². The fourth-order valence-corrected chi connectivity index (χ4v) is 6.21. The molecule has 0 spiro atoms. The first kappa shape index (κ1) is 50.9. The molecule has 2 aromatic rings. The molecule has 1 unspecified atom stereocenters. The minimum Gasteiger partial charge on any atom is -0.460 e. The molecule has 0 aliphatic carbocycles. The Kier molecular flexibility index (Phi) is 25.2. The molecule has 2 N–H and O–H groups in total. The molecular formula is C44H61N3O16. The molecule has 4 rings (SSSR count). The van der Waals surface area contributed by atoms with E-state index in [1.165, 1.54) is 6.07 Å². The number of nitrogens with zero attached hydrogens (tertiary/aromatic N) is 1. The van der Waals surface area contributed by atoms with Crippen molar-refractivity contribution >= 4 is 41.2 Å². The number of hydrogen-bond acceptors (Lipinski definition) is 16. The quantitative estimate of drug-likeness (QED) is 0.0570. The molecule has 5 amide bonds. The van der Waals surface area contributed by atoms with Crippen LogP contribution in [-0.2, 0) is 61.8 Å². The van der Waals surface area contributed by atoms with Crippen molar-refractivity contribution in [2.24, 2.45) is 0 Å². The van der Waals surface area contributed by atoms with Crippen LogP contribution in [0.3, 0.4) is 0 Å². The van der Waals surface area contributed by atoms with Crippen molar-refractivity contribution < 1.29 is 76.1 Å². The van der Waals surface area contributed by atoms with Crippen molar-refractivity contribution in [1.29, 1.82) is 0 Å². The van der Waals surface area contributed by atoms with E-state index in [0.717, 1.165) is 17.7 Å². The van der Waals surface area contributed by atoms with E-state index < -0.39 is 29.7 Å². The summed E-state index contributed by atoms with van der Waals surface area (Å²) in [6.45, 7) is 8.13. The Bertz CT molecular complexity index is 1700. The lowest BCUT2D eigenvalue weighted by Crippen LogP contribution is -2.54. The Balaban J connectivity index is 0.822. The summed E-state index contributed by atoms with van der Waals surface area (Å²) >= 11 is 0. The molecule has 0 radical (unpaired) electrons. The molecule has 2 heterocycles. The van der Waals surface area contributed by atoms with E-state index in [2.05, 4.69) is 10.6 Å². The number of anilines is 1. The van der Waals surface area contributed by atoms with E-state index in [1.807, 2.05) is 6.07 Å². The molecule has 19 nitrogen and oxygen atoms in total. The summed E-state index contributed by atoms with van der Waals surface area (Å²) in [5, 5.41) is 4.90. The number of fused-ring (bicyclic) bond motifs is 1. The Hall–Kier alpha value is -4.70. The zero-order chi connectivity index (χ0) is 44.7. The Morgan fingerprint density at radius 1 is 0.556 bits per heavy atom. The number of ether oxygens (including phenoxy) is 10. The van der Waals surface area contributed by atoms with Gasteiger partial charge in [-0.3, -0.25) is 34.2 Å². The fraction of sp³-hybridized carbons (Fsp3) is 0.591. The average molecular weight is 888 g/mol. The fourth-order valence-electron chi connectivity index (χ4n) is 6.21. The maximum atomic E-state index is 13.2. The lowest BCUT2D eigenvalue weighted by atomic mass is 10.0. The average Bonchev–Trinajstić information content (AvgIpc) is 3.54. The normalized spacial score (nSPS) is 14.9. The van der Waals surface area contributed by atoms with Gasteiger partial charge in [-0.15, -0.1) is 0 Å². The smallest absolute Gasteiger partial charge is 0.338 e. The summed E-state index contributed by atoms with van der Waals surface area (Å²) in [6, 6.07) is 12.3. The second-order valence-electron chi connectivity index (χ2n) is 14.0. The van der Waals surface area contributed by atoms with Gasteiger partial charge in [0.15, 0.2) is 0 Å². The van der Waals surface area contributed by atoms with Gasteiger partial charge in [0.05, 0.1) is 135 Å². The number of unbranched alkanes of at least 4 members (excludes halogenated alkanes) is 2. The molecule has 348 valence electrons. The van der Waals surface area contributed by atoms with Crippen LogP contribution in [0.25, 0.3) is 0 Å². The van der Waals surface area contributed by atoms with E-state index in [9.17, 15) is 28.8 Å². The lowest BCUT2D eigenvalue weighted by Gasteiger charge is -2.27. The van der Waals surface area contributed by atoms with Crippen molar-refractivity contribution in [3.8, 4) is 0 Å². The standard InChI is InChI=1S/C44H61N3O16/c48-38(45-36-11-7-10-35-40(36)43(52)47(42(35)51)37-13-14-39(49)46-41(37)50)12-5-2-6-15-54-16-17-55-18-19-56-20-21-57-22-23-58-24-25-59-26-27-60-28-29-61-30-31-62-32-33-63-44(53)34-8-3-1-4-9-34/h1,3-4,7-11,37H,2,5-6,12-33H2,(H,45,48)(H,46,49,50). The first-order chi connectivity index (χ1) is 30.9. The lowest BCUT2D eigenvalue weighted by molar-refractivity contribution is -0.136. The summed E-state index contributed by atoms with van der Waals surface area (Å²) in [7, 11) is 0. The summed E-state index contributed by atoms with van der Waals surface area (Å²) in [4.78, 5) is 75.4. The maximum Gasteiger partial charge on any atom is 0.338 e. The highest BCUT2D eigenvalue weighted by atomic mass is 16.6. The Morgan fingerprint density at radius 3 is 1.56 bits per heavy atom. The number of imide groups is 2. The first-order valence-corrected chi connectivity index (χ1v) is 21.4. The van der Waals surface area contributed by atoms with Crippen LogP contribution >= 0.6 is 0 Å². The maximum absolute atomic E-state index is 13.2. The van der Waals surface area contributed by atoms with Crippen LogP contribution in [0.1, 0.15) is 69.6 Å². The van der Waals surface area contributed by atoms with E-state index in [4.69, 9.17) is 47.4 Å². The van der Waals surface area contributed by atoms with Gasteiger partial charge in [-0.2, -0.15) is 0 Å². The zero-order valence-corrected chi connectivity index (χ0v) is 35.9. The van der Waals surface area contributed by atoms with Gasteiger partial charge in [-0.25, -0.2) is 4.79 Å². The van der Waals surface area contributed by atoms with Gasteiger partial charge in [0.25, 0.3) is 11.8 Å². The molecule has 2 aromatic carbocycles. The molecule has 0 bridgehead atoms. The van der Waals surface area contributed by atoms with Crippen LogP contribution in [0, 0.1) is 0 Å². The SMILES string of the molecule is O=C1CCC(N2C(=O)c3cccc(NC(=O)CCCCCOCCOCCOCCOCCOCCOCCOCCOCCOCCOC(=O)c4ccccc4)c3C2=O)C(=O)N1. The van der Waals surface area contributed by atoms with Gasteiger partial charge in [0.2, 0.25) is 17.7 Å². The first-order valence-electron chi connectivity index (χ1n) is 21.4. The van der Waals surface area contributed by atoms with Crippen molar-refractivity contribution in [3.05, 3.63) is 65.2 Å². The number of rotatable bonds is 36. The second kappa shape index (κ2) is 31.2. The minimum atomic E-state index is -1.08. The predicted octanol–water partition coefficient (Wildman–Crippen LogP) is 2.59. The number of benzene rings is 2. The largest absolute Gasteiger partial charge is 0.460 e. The highest BCUT2D eigenvalue weighted by molar-refractivity contribution is 6.26. The number of esters is 1. The molecule has 1 saturated heterocycles. The highest BCUT2D eigenvalue weighted by Crippen LogP contribution is 2.32. The molecule has 0 aromatic heterocycles. The summed E-state index contributed by atoms with van der Waals surface area (Å²) in [5.41, 5.74) is 0.883. The number of carbonyl (C=O) groups excluding carboxylic acids is 6. The molecule has 2 aliphatic rings. The van der Waals surface area contributed by atoms with Crippen LogP contribution < -0.4 is 10.6 Å². The molecule has 0 saturated carbocycles. The van der Waals surface area contributed by atoms with Crippen molar-refractivity contribution in [2.75, 3.05) is 131 Å². The summed E-state index contributed by atoms with van der Waals surface area (Å²) in [5.74, 6) is -3.10. The molecule has 19 heteroatoms. The third-order valence-electron chi connectivity index (χ3n) is 9.38. The number of carbonyl (C=O) groups is 6. The monoisotopic (exact) mass is 887 g/mol. The Morgan fingerprint density at radius 2 is 1.05 bits per heavy atom. The van der Waals surface area contributed by atoms with Crippen molar-refractivity contribution in [1.82, 2.24) is 10.2 Å². The van der Waals surface area contributed by atoms with Gasteiger partial charge >= 0.3 is 5.97 Å².